The van der Waals surface area contributed by atoms with Crippen molar-refractivity contribution in [2.75, 3.05) is 23.7 Å². The van der Waals surface area contributed by atoms with E-state index in [0.717, 1.165) is 11.1 Å². The normalized spacial score (nSPS) is 17.6. The predicted molar refractivity (Wildman–Crippen MR) is 129 cm³/mol. The predicted octanol–water partition coefficient (Wildman–Crippen LogP) is 2.67. The fourth-order valence-corrected chi connectivity index (χ4v) is 4.27. The monoisotopic (exact) mass is 488 g/mol. The zero-order valence-electron chi connectivity index (χ0n) is 19.7. The summed E-state index contributed by atoms with van der Waals surface area (Å²) in [6, 6.07) is 18.8. The SMILES string of the molecule is CC(=O)N1CCN(C(C)=O)C(Nc2nonc2-c2ccccc2)C1Nc1nonc1-c1ccccc1. The number of nitrogens with one attached hydrogen (secondary N) is 2. The minimum Gasteiger partial charge on any atom is -0.342 e. The minimum absolute atomic E-state index is 0.179. The first-order valence-electron chi connectivity index (χ1n) is 11.4. The van der Waals surface area contributed by atoms with Gasteiger partial charge in [0.15, 0.2) is 11.4 Å². The molecule has 0 saturated carbocycles. The van der Waals surface area contributed by atoms with E-state index in [0.29, 0.717) is 36.1 Å². The highest BCUT2D eigenvalue weighted by molar-refractivity contribution is 5.79. The molecule has 1 saturated heterocycles. The molecule has 1 aliphatic heterocycles. The molecule has 1 aliphatic rings. The van der Waals surface area contributed by atoms with E-state index >= 15 is 0 Å². The van der Waals surface area contributed by atoms with Crippen LogP contribution in [0.4, 0.5) is 11.6 Å². The van der Waals surface area contributed by atoms with Crippen molar-refractivity contribution in [3.05, 3.63) is 60.7 Å². The van der Waals surface area contributed by atoms with E-state index in [1.807, 2.05) is 60.7 Å². The van der Waals surface area contributed by atoms with Crippen LogP contribution in [0.2, 0.25) is 0 Å². The highest BCUT2D eigenvalue weighted by atomic mass is 16.6. The maximum absolute atomic E-state index is 12.7. The summed E-state index contributed by atoms with van der Waals surface area (Å²) in [6.07, 6.45) is -1.48. The molecule has 2 atom stereocenters. The third kappa shape index (κ3) is 4.48. The van der Waals surface area contributed by atoms with Crippen LogP contribution in [-0.4, -0.2) is 67.7 Å². The first-order valence-corrected chi connectivity index (χ1v) is 11.4. The standard InChI is InChI=1S/C24H24N8O4/c1-15(33)31-13-14-32(16(2)34)24(26-22-20(28-36-30-22)18-11-7-4-8-12-18)23(31)25-21-19(27-35-29-21)17-9-5-3-6-10-17/h3-12,23-24H,13-14H2,1-2H3,(H,25,29)(H,26,30). The van der Waals surface area contributed by atoms with Crippen molar-refractivity contribution < 1.29 is 18.8 Å². The zero-order chi connectivity index (χ0) is 25.1. The second kappa shape index (κ2) is 9.86. The van der Waals surface area contributed by atoms with E-state index in [1.165, 1.54) is 13.8 Å². The quantitative estimate of drug-likeness (QED) is 0.416. The summed E-state index contributed by atoms with van der Waals surface area (Å²) in [7, 11) is 0. The number of carbonyl (C=O) groups excluding carboxylic acids is 2. The Bertz CT molecular complexity index is 1240. The van der Waals surface area contributed by atoms with Gasteiger partial charge in [0, 0.05) is 38.1 Å². The molecule has 4 aromatic rings. The maximum atomic E-state index is 12.7. The fraction of sp³-hybridized carbons (Fsp3) is 0.250. The molecule has 0 spiro atoms. The molecule has 2 aromatic carbocycles. The smallest absolute Gasteiger partial charge is 0.221 e. The van der Waals surface area contributed by atoms with Gasteiger partial charge in [-0.1, -0.05) is 60.7 Å². The molecule has 0 radical (unpaired) electrons. The Morgan fingerprint density at radius 3 is 1.44 bits per heavy atom. The van der Waals surface area contributed by atoms with Gasteiger partial charge in [0.1, 0.15) is 12.3 Å². The summed E-state index contributed by atoms with van der Waals surface area (Å²) in [5.74, 6) is 0.302. The van der Waals surface area contributed by atoms with Gasteiger partial charge in [0.2, 0.25) is 23.5 Å². The Morgan fingerprint density at radius 1 is 0.694 bits per heavy atom. The van der Waals surface area contributed by atoms with Gasteiger partial charge in [0.05, 0.1) is 0 Å². The Hall–Kier alpha value is -4.74. The molecule has 12 nitrogen and oxygen atoms in total. The molecule has 2 unspecified atom stereocenters. The average molecular weight is 489 g/mol. The van der Waals surface area contributed by atoms with Crippen LogP contribution in [-0.2, 0) is 9.59 Å². The fourth-order valence-electron chi connectivity index (χ4n) is 4.27. The molecule has 5 rings (SSSR count). The second-order valence-corrected chi connectivity index (χ2v) is 8.26. The van der Waals surface area contributed by atoms with Crippen LogP contribution in [0.5, 0.6) is 0 Å². The van der Waals surface area contributed by atoms with Gasteiger partial charge in [-0.2, -0.15) is 0 Å². The molecule has 1 fully saturated rings. The van der Waals surface area contributed by atoms with Crippen LogP contribution >= 0.6 is 0 Å². The Balaban J connectivity index is 1.52. The van der Waals surface area contributed by atoms with Gasteiger partial charge in [-0.05, 0) is 20.6 Å². The van der Waals surface area contributed by atoms with Crippen LogP contribution in [0.3, 0.4) is 0 Å². The van der Waals surface area contributed by atoms with Crippen molar-refractivity contribution >= 4 is 23.5 Å². The molecular formula is C24H24N8O4. The topological polar surface area (TPSA) is 143 Å². The summed E-state index contributed by atoms with van der Waals surface area (Å²) in [6.45, 7) is 3.58. The molecule has 0 bridgehead atoms. The second-order valence-electron chi connectivity index (χ2n) is 8.26. The zero-order valence-corrected chi connectivity index (χ0v) is 19.7. The number of carbonyl (C=O) groups is 2. The van der Waals surface area contributed by atoms with Crippen LogP contribution in [0.1, 0.15) is 13.8 Å². The third-order valence-corrected chi connectivity index (χ3v) is 6.00. The molecule has 184 valence electrons. The maximum Gasteiger partial charge on any atom is 0.221 e. The Labute approximate surface area is 206 Å². The van der Waals surface area contributed by atoms with Crippen LogP contribution in [0.25, 0.3) is 22.5 Å². The number of hydrogen-bond donors (Lipinski definition) is 2. The van der Waals surface area contributed by atoms with E-state index in [4.69, 9.17) is 9.26 Å². The number of hydrogen-bond acceptors (Lipinski definition) is 10. The number of piperazine rings is 1. The van der Waals surface area contributed by atoms with E-state index in [-0.39, 0.29) is 11.8 Å². The largest absolute Gasteiger partial charge is 0.342 e. The number of anilines is 2. The molecule has 3 heterocycles. The van der Waals surface area contributed by atoms with Crippen molar-refractivity contribution in [2.24, 2.45) is 0 Å². The summed E-state index contributed by atoms with van der Waals surface area (Å²) in [5, 5.41) is 22.7. The number of aromatic nitrogens is 4. The molecule has 36 heavy (non-hydrogen) atoms. The van der Waals surface area contributed by atoms with Crippen LogP contribution in [0.15, 0.2) is 69.9 Å². The van der Waals surface area contributed by atoms with Gasteiger partial charge in [-0.25, -0.2) is 9.26 Å². The molecule has 2 amide bonds. The van der Waals surface area contributed by atoms with Crippen molar-refractivity contribution in [3.8, 4) is 22.5 Å². The first kappa shape index (κ1) is 23.0. The summed E-state index contributed by atoms with van der Waals surface area (Å²) < 4.78 is 10.1. The van der Waals surface area contributed by atoms with Gasteiger partial charge in [-0.15, -0.1) is 0 Å². The van der Waals surface area contributed by atoms with Crippen molar-refractivity contribution in [3.63, 3.8) is 0 Å². The lowest BCUT2D eigenvalue weighted by molar-refractivity contribution is -0.143. The molecule has 0 aliphatic carbocycles. The lowest BCUT2D eigenvalue weighted by atomic mass is 10.1. The molecule has 12 heteroatoms. The first-order chi connectivity index (χ1) is 17.5. The number of nitrogens with zero attached hydrogens (tertiary/aromatic N) is 6. The van der Waals surface area contributed by atoms with E-state index in [9.17, 15) is 9.59 Å². The molecule has 2 aromatic heterocycles. The van der Waals surface area contributed by atoms with Gasteiger partial charge in [0.25, 0.3) is 0 Å². The van der Waals surface area contributed by atoms with E-state index in [2.05, 4.69) is 31.3 Å². The summed E-state index contributed by atoms with van der Waals surface area (Å²) in [4.78, 5) is 28.6. The van der Waals surface area contributed by atoms with Crippen LogP contribution < -0.4 is 10.6 Å². The number of amides is 2. The highest BCUT2D eigenvalue weighted by Gasteiger charge is 2.41. The Kier molecular flexibility index (Phi) is 6.31. The van der Waals surface area contributed by atoms with Gasteiger partial charge < -0.3 is 20.4 Å². The lowest BCUT2D eigenvalue weighted by Gasteiger charge is -2.47. The van der Waals surface area contributed by atoms with Gasteiger partial charge >= 0.3 is 0 Å². The third-order valence-electron chi connectivity index (χ3n) is 6.00. The summed E-state index contributed by atoms with van der Waals surface area (Å²) >= 11 is 0. The summed E-state index contributed by atoms with van der Waals surface area (Å²) in [5.41, 5.74) is 2.52. The van der Waals surface area contributed by atoms with Gasteiger partial charge in [-0.3, -0.25) is 9.59 Å². The van der Waals surface area contributed by atoms with Crippen LogP contribution in [0, 0.1) is 0 Å². The van der Waals surface area contributed by atoms with Crippen molar-refractivity contribution in [1.29, 1.82) is 0 Å². The van der Waals surface area contributed by atoms with Crippen molar-refractivity contribution in [1.82, 2.24) is 30.4 Å². The lowest BCUT2D eigenvalue weighted by Crippen LogP contribution is -2.67. The number of benzene rings is 2. The van der Waals surface area contributed by atoms with E-state index in [1.54, 1.807) is 9.80 Å². The minimum atomic E-state index is -0.741. The Morgan fingerprint density at radius 2 is 1.08 bits per heavy atom. The number of rotatable bonds is 6. The molecular weight excluding hydrogens is 464 g/mol. The molecule has 2 N–H and O–H groups in total. The van der Waals surface area contributed by atoms with E-state index < -0.39 is 12.3 Å². The van der Waals surface area contributed by atoms with Crippen molar-refractivity contribution in [2.45, 2.75) is 26.2 Å². The highest BCUT2D eigenvalue weighted by Crippen LogP contribution is 2.30. The average Bonchev–Trinajstić information content (AvgIpc) is 3.55.